The molecule has 0 saturated carbocycles. The molecule has 0 aliphatic rings. The molecule has 1 aromatic carbocycles. The van der Waals surface area contributed by atoms with E-state index in [1.807, 2.05) is 32.9 Å². The summed E-state index contributed by atoms with van der Waals surface area (Å²) in [6, 6.07) is 5.64. The molecule has 1 rings (SSSR count). The Morgan fingerprint density at radius 2 is 1.54 bits per heavy atom. The number of nitrogens with two attached hydrogens (primary N) is 1. The number of urea groups is 1. The average molecular weight is 881 g/mol. The van der Waals surface area contributed by atoms with Crippen LogP contribution in [0.1, 0.15) is 52.0 Å². The number of anilines is 1. The third-order valence-electron chi connectivity index (χ3n) is 7.47. The van der Waals surface area contributed by atoms with Gasteiger partial charge in [-0.3, -0.25) is 14.4 Å². The van der Waals surface area contributed by atoms with Gasteiger partial charge in [0, 0.05) is 25.3 Å². The Balaban J connectivity index is 2.54. The zero-order chi connectivity index (χ0) is 40.7. The van der Waals surface area contributed by atoms with Gasteiger partial charge < -0.3 is 35.3 Å². The van der Waals surface area contributed by atoms with Crippen molar-refractivity contribution in [3.05, 3.63) is 29.8 Å². The number of halogens is 1. The zero-order valence-electron chi connectivity index (χ0n) is 32.7. The molecule has 306 valence electrons. The fourth-order valence-corrected chi connectivity index (χ4v) is 5.69. The normalized spacial score (nSPS) is 12.5. The minimum absolute atomic E-state index is 0.0376. The Kier molecular flexibility index (Phi) is 27.4. The van der Waals surface area contributed by atoms with Crippen LogP contribution in [-0.4, -0.2) is 120 Å². The molecule has 0 unspecified atom stereocenters. The number of benzene rings is 1. The van der Waals surface area contributed by atoms with Crippen LogP contribution < -0.4 is 30.1 Å². The monoisotopic (exact) mass is 880 g/mol. The van der Waals surface area contributed by atoms with E-state index < -0.39 is 39.3 Å². The quantitative estimate of drug-likeness (QED) is 0.0150. The van der Waals surface area contributed by atoms with Gasteiger partial charge in [0.1, 0.15) is 17.2 Å². The summed E-state index contributed by atoms with van der Waals surface area (Å²) in [6.07, 6.45) is 1.15. The molecule has 7 N–H and O–H groups in total. The molecule has 0 aliphatic carbocycles. The van der Waals surface area contributed by atoms with Crippen LogP contribution in [0, 0.1) is 17.4 Å². The fraction of sp³-hybridized carbons (Fsp3) is 0.686. The van der Waals surface area contributed by atoms with Crippen LogP contribution in [-0.2, 0) is 49.3 Å². The van der Waals surface area contributed by atoms with Crippen LogP contribution in [0.3, 0.4) is 0 Å². The summed E-state index contributed by atoms with van der Waals surface area (Å²) < 4.78 is 38.1. The van der Waals surface area contributed by atoms with E-state index in [1.165, 1.54) is 0 Å². The molecule has 1 aromatic rings. The van der Waals surface area contributed by atoms with Crippen molar-refractivity contribution in [1.82, 2.24) is 19.1 Å². The van der Waals surface area contributed by atoms with E-state index >= 15 is 0 Å². The number of amides is 5. The summed E-state index contributed by atoms with van der Waals surface area (Å²) in [5.74, 6) is -2.26. The number of alkyl halides is 1. The number of nitrogens with zero attached hydrogens (tertiary/aromatic N) is 2. The van der Waals surface area contributed by atoms with Crippen LogP contribution in [0.2, 0.25) is 0 Å². The summed E-state index contributed by atoms with van der Waals surface area (Å²) in [7, 11) is 0. The second-order valence-corrected chi connectivity index (χ2v) is 15.0. The molecule has 0 saturated heterocycles. The maximum absolute atomic E-state index is 13.5. The summed E-state index contributed by atoms with van der Waals surface area (Å²) in [4.78, 5) is 65.5. The Hall–Kier alpha value is -3.59. The van der Waals surface area contributed by atoms with Crippen LogP contribution in [0.15, 0.2) is 29.4 Å². The molecule has 54 heavy (non-hydrogen) atoms. The standard InChI is InChI=1S/C35H59IN8O10/c1-4-36-43-32(47)25-54-15-11-27-7-9-29(10-8-27)41-34(48)28(6-5-13-39-35(37)49)24-30(45)33(26(2)3)42-31(46)12-16-50-18-20-52-22-23-53-21-19-51-17-14-40-44-38/h7-10,26,28,33,36,38H,4-6,11-25H2,1-3H3,(H5-,37,39,41,42,43,46,47,48,49)/p+1/t28-,33+/m1/s1/i36D. The Bertz CT molecular complexity index is 1320. The Labute approximate surface area is 328 Å². The minimum atomic E-state index is -2.13. The summed E-state index contributed by atoms with van der Waals surface area (Å²) in [6.45, 7) is 8.98. The van der Waals surface area contributed by atoms with Crippen LogP contribution in [0.25, 0.3) is 0 Å². The number of Topliss-reactive ketones (excluding diaryl/α,β-unsaturated/α-hetero) is 1. The molecule has 18 nitrogen and oxygen atoms in total. The van der Waals surface area contributed by atoms with Crippen molar-refractivity contribution >= 4 is 56.5 Å². The number of carbonyl (C=O) groups is 5. The molecular formula is C35H60IN8O10+. The van der Waals surface area contributed by atoms with Gasteiger partial charge in [-0.05, 0) is 18.8 Å². The van der Waals surface area contributed by atoms with E-state index in [0.717, 1.165) is 5.56 Å². The van der Waals surface area contributed by atoms with E-state index in [4.69, 9.17) is 35.5 Å². The van der Waals surface area contributed by atoms with Crippen molar-refractivity contribution < 1.29 is 47.7 Å². The molecule has 0 radical (unpaired) electrons. The van der Waals surface area contributed by atoms with Crippen molar-refractivity contribution in [2.24, 2.45) is 22.7 Å². The molecule has 0 aromatic heterocycles. The van der Waals surface area contributed by atoms with E-state index in [0.29, 0.717) is 82.2 Å². The number of primary amides is 1. The van der Waals surface area contributed by atoms with Crippen molar-refractivity contribution in [2.45, 2.75) is 58.9 Å². The number of nitrogens with one attached hydrogen (secondary N) is 5. The number of hydrogen-bond acceptors (Lipinski definition) is 12. The second kappa shape index (κ2) is 31.7. The predicted molar refractivity (Wildman–Crippen MR) is 210 cm³/mol. The van der Waals surface area contributed by atoms with Crippen molar-refractivity contribution in [3.63, 3.8) is 0 Å². The molecule has 0 bridgehead atoms. The summed E-state index contributed by atoms with van der Waals surface area (Å²) >= 11 is -2.13. The molecule has 5 amide bonds. The van der Waals surface area contributed by atoms with Crippen molar-refractivity contribution in [2.75, 3.05) is 88.9 Å². The molecule has 0 fully saturated rings. The molecule has 2 atom stereocenters. The van der Waals surface area contributed by atoms with Gasteiger partial charge in [0.05, 0.1) is 58.9 Å². The number of hydrogen-bond donors (Lipinski definition) is 6. The first-order valence-corrected chi connectivity index (χ1v) is 20.7. The van der Waals surface area contributed by atoms with Gasteiger partial charge in [0.2, 0.25) is 10.8 Å². The van der Waals surface area contributed by atoms with Crippen molar-refractivity contribution in [1.29, 1.82) is 6.12 Å². The topological polar surface area (TPSA) is 256 Å². The number of rotatable bonds is 33. The van der Waals surface area contributed by atoms with Gasteiger partial charge >= 0.3 is 125 Å². The van der Waals surface area contributed by atoms with Gasteiger partial charge in [-0.25, -0.2) is 4.79 Å². The van der Waals surface area contributed by atoms with E-state index in [1.54, 1.807) is 12.1 Å². The van der Waals surface area contributed by atoms with Gasteiger partial charge in [0.15, 0.2) is 5.78 Å². The zero-order valence-corrected chi connectivity index (χ0v) is 33.9. The SMILES string of the molecule is [2H]I(CC)NC(=O)COCCc1ccc(NC(=O)[C@H](CCCNC(N)=O)CC(=O)[C@@H](NC(=O)CCOCCOCCOCCOCCN=[N+]=N)C(C)C)cc1. The Morgan fingerprint density at radius 3 is 2.13 bits per heavy atom. The first-order valence-electron chi connectivity index (χ1n) is 18.5. The summed E-state index contributed by atoms with van der Waals surface area (Å²) in [5, 5.41) is 11.6. The number of ketones is 1. The van der Waals surface area contributed by atoms with Gasteiger partial charge in [-0.1, -0.05) is 13.8 Å². The number of ether oxygens (including phenoxy) is 5. The first-order chi connectivity index (χ1) is 26.5. The molecule has 0 aliphatic heterocycles. The van der Waals surface area contributed by atoms with Gasteiger partial charge in [0.25, 0.3) is 0 Å². The third-order valence-corrected chi connectivity index (χ3v) is 9.21. The molecule has 19 heteroatoms. The average Bonchev–Trinajstić information content (AvgIpc) is 3.15. The number of carbonyl (C=O) groups excluding carboxylic acids is 5. The fourth-order valence-electron chi connectivity index (χ4n) is 4.72. The maximum atomic E-state index is 13.5. The van der Waals surface area contributed by atoms with E-state index in [-0.39, 0.29) is 68.6 Å². The third kappa shape index (κ3) is 25.4. The molecule has 0 spiro atoms. The van der Waals surface area contributed by atoms with E-state index in [2.05, 4.69) is 29.5 Å². The van der Waals surface area contributed by atoms with Crippen molar-refractivity contribution in [3.8, 4) is 0 Å². The predicted octanol–water partition coefficient (Wildman–Crippen LogP) is 2.11. The van der Waals surface area contributed by atoms with Gasteiger partial charge in [-0.15, -0.1) is 0 Å². The summed E-state index contributed by atoms with van der Waals surface area (Å²) in [5.41, 5.74) is 13.2. The molecular weight excluding hydrogens is 819 g/mol. The van der Waals surface area contributed by atoms with Gasteiger partial charge in [-0.2, -0.15) is 0 Å². The van der Waals surface area contributed by atoms with Crippen LogP contribution >= 0.6 is 21.3 Å². The van der Waals surface area contributed by atoms with E-state index in [9.17, 15) is 24.0 Å². The molecule has 0 heterocycles. The van der Waals surface area contributed by atoms with Crippen LogP contribution in [0.5, 0.6) is 0 Å². The van der Waals surface area contributed by atoms with Crippen LogP contribution in [0.4, 0.5) is 10.5 Å². The second-order valence-electron chi connectivity index (χ2n) is 12.2. The Morgan fingerprint density at radius 1 is 0.907 bits per heavy atom. The first kappa shape index (κ1) is 46.6.